The van der Waals surface area contributed by atoms with Crippen molar-refractivity contribution in [2.45, 2.75) is 63.8 Å². The Morgan fingerprint density at radius 2 is 1.67 bits per heavy atom. The Kier molecular flexibility index (Phi) is 15.4. The lowest BCUT2D eigenvalue weighted by molar-refractivity contribution is -0.141. The number of phenols is 1. The van der Waals surface area contributed by atoms with Crippen molar-refractivity contribution in [2.24, 2.45) is 5.92 Å². The van der Waals surface area contributed by atoms with Crippen LogP contribution in [0.15, 0.2) is 83.1 Å². The highest BCUT2D eigenvalue weighted by Gasteiger charge is 2.49. The van der Waals surface area contributed by atoms with Crippen molar-refractivity contribution >= 4 is 40.3 Å². The molecule has 21 nitrogen and oxygen atoms in total. The first kappa shape index (κ1) is 51.5. The summed E-state index contributed by atoms with van der Waals surface area (Å²) >= 11 is 1.53. The van der Waals surface area contributed by atoms with Gasteiger partial charge < -0.3 is 54.7 Å². The number of pyridine rings is 2. The third-order valence-corrected chi connectivity index (χ3v) is 15.7. The highest BCUT2D eigenvalue weighted by Crippen LogP contribution is 2.39. The van der Waals surface area contributed by atoms with E-state index < -0.39 is 18.1 Å². The Hall–Kier alpha value is -6.98. The number of aryl methyl sites for hydroxylation is 1. The van der Waals surface area contributed by atoms with Gasteiger partial charge in [-0.15, -0.1) is 21.5 Å². The van der Waals surface area contributed by atoms with E-state index in [-0.39, 0.29) is 53.9 Å². The smallest absolute Gasteiger partial charge is 0.254 e. The molecule has 2 amide bonds. The van der Waals surface area contributed by atoms with Crippen molar-refractivity contribution < 1.29 is 38.5 Å². The molecule has 4 aliphatic heterocycles. The first-order valence-corrected chi connectivity index (χ1v) is 26.5. The van der Waals surface area contributed by atoms with Crippen molar-refractivity contribution in [2.75, 3.05) is 107 Å². The number of amides is 2. The van der Waals surface area contributed by atoms with Crippen molar-refractivity contribution in [3.05, 3.63) is 95.6 Å². The number of rotatable bonds is 18. The molecule has 9 heterocycles. The summed E-state index contributed by atoms with van der Waals surface area (Å²) in [6.45, 7) is 16.7. The minimum atomic E-state index is -0.855. The Balaban J connectivity index is 0.661. The molecule has 0 bridgehead atoms. The third kappa shape index (κ3) is 11.3. The van der Waals surface area contributed by atoms with Gasteiger partial charge in [-0.2, -0.15) is 0 Å². The molecule has 6 aromatic rings. The zero-order chi connectivity index (χ0) is 52.2. The molecule has 0 saturated carbocycles. The molecule has 4 aliphatic rings. The maximum atomic E-state index is 14.2. The number of nitrogens with zero attached hydrogens (tertiary/aromatic N) is 11. The molecule has 10 rings (SSSR count). The van der Waals surface area contributed by atoms with E-state index >= 15 is 0 Å². The molecule has 4 atom stereocenters. The van der Waals surface area contributed by atoms with E-state index in [1.54, 1.807) is 36.1 Å². The number of para-hydroxylation sites is 1. The number of thiazole rings is 1. The second-order valence-corrected chi connectivity index (χ2v) is 21.1. The second-order valence-electron chi connectivity index (χ2n) is 20.2. The van der Waals surface area contributed by atoms with Crippen LogP contribution in [0.4, 0.5) is 17.2 Å². The lowest BCUT2D eigenvalue weighted by Crippen LogP contribution is -2.72. The number of carbonyl (C=O) groups excluding carboxylic acids is 2. The number of β-amino-alcohol motifs (C(OH)–C–C–N with tert-alkyl or cyclic N) is 1. The maximum Gasteiger partial charge on any atom is 0.254 e. The molecular weight excluding hydrogens is 979 g/mol. The zero-order valence-electron chi connectivity index (χ0n) is 42.7. The van der Waals surface area contributed by atoms with Gasteiger partial charge in [0.25, 0.3) is 5.88 Å². The van der Waals surface area contributed by atoms with E-state index in [4.69, 9.17) is 24.5 Å². The standard InChI is InChI=1S/C53H65N13O8S/c1-33(2)48(52(70)65-28-38(67)24-43(65)51(69)58-34(3)36-9-10-40(56-27-36)49-35(4)57-32-75-49)45-26-47(61-74-45)73-22-20-63-15-13-62(14-16-63)19-21-72-46-23-37(11-12-55-46)66-18-17-64(29-53(66)30-71-31-53)42-25-41(59-60-50(42)54)39-7-5-6-8-44(39)68/h5-12,23,25-27,32-34,38,43,48,67-68H,13-22,24,28-31H2,1-4H3,(H2,54,60)(H,58,69)/t34-,38+,43-,48+/m0/s1. The van der Waals surface area contributed by atoms with Crippen LogP contribution in [0, 0.1) is 12.8 Å². The molecule has 5 aromatic heterocycles. The number of hydrogen-bond donors (Lipinski definition) is 4. The Morgan fingerprint density at radius 3 is 2.35 bits per heavy atom. The summed E-state index contributed by atoms with van der Waals surface area (Å²) in [6.07, 6.45) is 2.82. The van der Waals surface area contributed by atoms with E-state index in [0.717, 1.165) is 72.5 Å². The Labute approximate surface area is 439 Å². The molecule has 22 heteroatoms. The van der Waals surface area contributed by atoms with Crippen LogP contribution in [0.3, 0.4) is 0 Å². The number of anilines is 3. The summed E-state index contributed by atoms with van der Waals surface area (Å²) in [7, 11) is 0. The number of hydrogen-bond acceptors (Lipinski definition) is 20. The lowest BCUT2D eigenvalue weighted by Gasteiger charge is -2.56. The van der Waals surface area contributed by atoms with Gasteiger partial charge in [-0.1, -0.05) is 32.0 Å². The van der Waals surface area contributed by atoms with Gasteiger partial charge in [0.05, 0.1) is 58.5 Å². The van der Waals surface area contributed by atoms with E-state index in [9.17, 15) is 19.8 Å². The number of benzene rings is 1. The van der Waals surface area contributed by atoms with E-state index in [0.29, 0.717) is 74.8 Å². The van der Waals surface area contributed by atoms with E-state index in [2.05, 4.69) is 55.2 Å². The third-order valence-electron chi connectivity index (χ3n) is 14.8. The van der Waals surface area contributed by atoms with Gasteiger partial charge in [0, 0.05) is 108 Å². The molecule has 1 aromatic carbocycles. The van der Waals surface area contributed by atoms with Crippen LogP contribution in [0.25, 0.3) is 21.8 Å². The van der Waals surface area contributed by atoms with Crippen molar-refractivity contribution in [3.8, 4) is 39.3 Å². The molecule has 0 unspecified atom stereocenters. The average molecular weight is 1040 g/mol. The largest absolute Gasteiger partial charge is 0.507 e. The number of aromatic hydroxyl groups is 1. The molecule has 1 spiro atoms. The van der Waals surface area contributed by atoms with Gasteiger partial charge in [0.2, 0.25) is 17.7 Å². The number of ether oxygens (including phenoxy) is 3. The number of nitrogens with one attached hydrogen (secondary N) is 1. The molecule has 4 fully saturated rings. The van der Waals surface area contributed by atoms with Crippen molar-refractivity contribution in [1.82, 2.24) is 50.3 Å². The number of nitrogen functional groups attached to an aromatic ring is 1. The number of nitrogens with two attached hydrogens (primary N) is 1. The predicted molar refractivity (Wildman–Crippen MR) is 282 cm³/mol. The maximum absolute atomic E-state index is 14.2. The van der Waals surface area contributed by atoms with Gasteiger partial charge in [-0.3, -0.25) is 24.4 Å². The highest BCUT2D eigenvalue weighted by molar-refractivity contribution is 7.13. The first-order chi connectivity index (χ1) is 36.3. The first-order valence-electron chi connectivity index (χ1n) is 25.6. The van der Waals surface area contributed by atoms with Crippen LogP contribution in [-0.2, 0) is 14.3 Å². The SMILES string of the molecule is Cc1ncsc1-c1ccc([C@H](C)NC(=O)[C@@H]2C[C@@H](O)CN2C(=O)[C@@H](c2cc(OCCN3CCN(CCOc4cc(N5CCN(c6cc(-c7ccccc7O)nnc6N)CC56COC6)ccn4)CC3)no2)C(C)C)cn1. The minimum Gasteiger partial charge on any atom is -0.507 e. The normalized spacial score (nSPS) is 19.8. The van der Waals surface area contributed by atoms with Gasteiger partial charge in [-0.25, -0.2) is 9.97 Å². The number of likely N-dealkylation sites (tertiary alicyclic amines) is 1. The molecular formula is C53H65N13O8S. The van der Waals surface area contributed by atoms with Gasteiger partial charge >= 0.3 is 0 Å². The summed E-state index contributed by atoms with van der Waals surface area (Å²) in [6, 6.07) is 17.3. The summed E-state index contributed by atoms with van der Waals surface area (Å²) < 4.78 is 23.8. The molecule has 0 aliphatic carbocycles. The van der Waals surface area contributed by atoms with Crippen molar-refractivity contribution in [3.63, 3.8) is 0 Å². The summed E-state index contributed by atoms with van der Waals surface area (Å²) in [5, 5.41) is 36.9. The van der Waals surface area contributed by atoms with Crippen LogP contribution >= 0.6 is 11.3 Å². The number of aromatic nitrogens is 6. The molecule has 75 heavy (non-hydrogen) atoms. The molecule has 0 radical (unpaired) electrons. The summed E-state index contributed by atoms with van der Waals surface area (Å²) in [5.41, 5.74) is 13.4. The Morgan fingerprint density at radius 1 is 0.907 bits per heavy atom. The zero-order valence-corrected chi connectivity index (χ0v) is 43.6. The van der Waals surface area contributed by atoms with Crippen LogP contribution in [0.5, 0.6) is 17.5 Å². The molecule has 5 N–H and O–H groups in total. The number of carbonyl (C=O) groups is 2. The highest BCUT2D eigenvalue weighted by atomic mass is 32.1. The van der Waals surface area contributed by atoms with Crippen LogP contribution < -0.4 is 30.3 Å². The molecule has 4 saturated heterocycles. The monoisotopic (exact) mass is 1040 g/mol. The number of phenolic OH excluding ortho intramolecular Hbond substituents is 1. The Bertz CT molecular complexity index is 2930. The molecule has 396 valence electrons. The predicted octanol–water partition coefficient (Wildman–Crippen LogP) is 4.39. The number of aliphatic hydroxyl groups excluding tert-OH is 1. The average Bonchev–Trinajstić information content (AvgIpc) is 4.16. The van der Waals surface area contributed by atoms with Crippen LogP contribution in [-0.4, -0.2) is 177 Å². The minimum absolute atomic E-state index is 0.0359. The fraction of sp³-hybridized carbons (Fsp3) is 0.472. The van der Waals surface area contributed by atoms with Gasteiger partial charge in [0.15, 0.2) is 11.6 Å². The van der Waals surface area contributed by atoms with Crippen molar-refractivity contribution in [1.29, 1.82) is 0 Å². The van der Waals surface area contributed by atoms with Gasteiger partial charge in [0.1, 0.15) is 36.5 Å². The number of aliphatic hydroxyl groups is 1. The fourth-order valence-corrected chi connectivity index (χ4v) is 11.3. The topological polar surface area (TPSA) is 247 Å². The second kappa shape index (κ2) is 22.5. The fourth-order valence-electron chi connectivity index (χ4n) is 10.5. The quantitative estimate of drug-likeness (QED) is 0.0932. The summed E-state index contributed by atoms with van der Waals surface area (Å²) in [4.78, 5) is 53.2. The van der Waals surface area contributed by atoms with E-state index in [1.807, 2.05) is 70.2 Å². The van der Waals surface area contributed by atoms with Gasteiger partial charge in [-0.05, 0) is 60.8 Å². The lowest BCUT2D eigenvalue weighted by atomic mass is 9.90. The summed E-state index contributed by atoms with van der Waals surface area (Å²) in [5.74, 6) is 0.0952. The van der Waals surface area contributed by atoms with E-state index in [1.165, 1.54) is 16.2 Å². The number of piperazine rings is 2. The van der Waals surface area contributed by atoms with Crippen LogP contribution in [0.2, 0.25) is 0 Å². The van der Waals surface area contributed by atoms with Crippen LogP contribution in [0.1, 0.15) is 56.2 Å².